The Morgan fingerprint density at radius 1 is 1.35 bits per heavy atom. The van der Waals surface area contributed by atoms with Crippen LogP contribution in [0.4, 0.5) is 0 Å². The summed E-state index contributed by atoms with van der Waals surface area (Å²) in [5.41, 5.74) is 6.80. The van der Waals surface area contributed by atoms with E-state index in [4.69, 9.17) is 15.2 Å². The predicted molar refractivity (Wildman–Crippen MR) is 78.6 cm³/mol. The van der Waals surface area contributed by atoms with Crippen molar-refractivity contribution in [2.24, 2.45) is 5.73 Å². The molecule has 0 heterocycles. The summed E-state index contributed by atoms with van der Waals surface area (Å²) in [5, 5.41) is 2.90. The molecule has 1 aromatic rings. The maximum Gasteiger partial charge on any atom is 0.237 e. The minimum atomic E-state index is -0.542. The van der Waals surface area contributed by atoms with Crippen LogP contribution in [-0.2, 0) is 9.53 Å². The fraction of sp³-hybridized carbons (Fsp3) is 0.533. The van der Waals surface area contributed by atoms with Gasteiger partial charge in [0.15, 0.2) is 0 Å². The molecule has 1 amide bonds. The van der Waals surface area contributed by atoms with Crippen LogP contribution in [0.3, 0.4) is 0 Å². The van der Waals surface area contributed by atoms with Crippen LogP contribution in [0.2, 0.25) is 0 Å². The van der Waals surface area contributed by atoms with E-state index in [2.05, 4.69) is 5.32 Å². The first-order valence-electron chi connectivity index (χ1n) is 6.86. The van der Waals surface area contributed by atoms with E-state index >= 15 is 0 Å². The molecule has 0 fully saturated rings. The molecule has 0 saturated carbocycles. The van der Waals surface area contributed by atoms with Gasteiger partial charge in [0.1, 0.15) is 5.75 Å². The zero-order valence-electron chi connectivity index (χ0n) is 12.4. The molecule has 0 aliphatic heterocycles. The molecule has 1 rings (SSSR count). The lowest BCUT2D eigenvalue weighted by molar-refractivity contribution is -0.123. The Hall–Kier alpha value is -1.59. The summed E-state index contributed by atoms with van der Waals surface area (Å²) in [6.45, 7) is 4.99. The average Bonchev–Trinajstić information content (AvgIpc) is 2.45. The van der Waals surface area contributed by atoms with Gasteiger partial charge >= 0.3 is 0 Å². The number of ether oxygens (including phenoxy) is 2. The number of benzene rings is 1. The van der Waals surface area contributed by atoms with E-state index in [0.717, 1.165) is 11.3 Å². The first kappa shape index (κ1) is 16.5. The molecule has 2 atom stereocenters. The van der Waals surface area contributed by atoms with Gasteiger partial charge in [-0.05, 0) is 38.0 Å². The van der Waals surface area contributed by atoms with Gasteiger partial charge < -0.3 is 20.5 Å². The zero-order valence-corrected chi connectivity index (χ0v) is 12.4. The highest BCUT2D eigenvalue weighted by atomic mass is 16.5. The number of hydrogen-bond donors (Lipinski definition) is 2. The molecule has 20 heavy (non-hydrogen) atoms. The molecule has 5 nitrogen and oxygen atoms in total. The third-order valence-corrected chi connectivity index (χ3v) is 3.02. The van der Waals surface area contributed by atoms with Crippen molar-refractivity contribution in [1.82, 2.24) is 5.32 Å². The second-order valence-corrected chi connectivity index (χ2v) is 4.62. The lowest BCUT2D eigenvalue weighted by Gasteiger charge is -2.18. The first-order chi connectivity index (χ1) is 9.58. The van der Waals surface area contributed by atoms with E-state index in [1.165, 1.54) is 0 Å². The van der Waals surface area contributed by atoms with Crippen molar-refractivity contribution >= 4 is 5.91 Å². The quantitative estimate of drug-likeness (QED) is 0.759. The third kappa shape index (κ3) is 5.19. The first-order valence-corrected chi connectivity index (χ1v) is 6.86. The molecular weight excluding hydrogens is 256 g/mol. The molecule has 112 valence electrons. The van der Waals surface area contributed by atoms with Crippen molar-refractivity contribution in [1.29, 1.82) is 0 Å². The number of rotatable bonds is 8. The topological polar surface area (TPSA) is 73.6 Å². The van der Waals surface area contributed by atoms with Crippen LogP contribution in [0.1, 0.15) is 31.9 Å². The smallest absolute Gasteiger partial charge is 0.237 e. The summed E-state index contributed by atoms with van der Waals surface area (Å²) in [4.78, 5) is 11.9. The van der Waals surface area contributed by atoms with Crippen molar-refractivity contribution in [3.8, 4) is 5.75 Å². The van der Waals surface area contributed by atoms with Crippen LogP contribution >= 0.6 is 0 Å². The van der Waals surface area contributed by atoms with Crippen molar-refractivity contribution in [2.45, 2.75) is 32.4 Å². The standard InChI is InChI=1S/C15H24N2O3/c1-4-20-13-7-5-12(6-8-13)11(2)17-15(18)14(16)9-10-19-3/h5-8,11,14H,4,9-10,16H2,1-3H3,(H,17,18). The molecule has 0 saturated heterocycles. The van der Waals surface area contributed by atoms with Crippen molar-refractivity contribution in [3.05, 3.63) is 29.8 Å². The summed E-state index contributed by atoms with van der Waals surface area (Å²) in [7, 11) is 1.59. The molecule has 0 spiro atoms. The molecule has 0 aliphatic rings. The second-order valence-electron chi connectivity index (χ2n) is 4.62. The van der Waals surface area contributed by atoms with E-state index in [-0.39, 0.29) is 11.9 Å². The molecule has 1 aromatic carbocycles. The van der Waals surface area contributed by atoms with Crippen LogP contribution < -0.4 is 15.8 Å². The van der Waals surface area contributed by atoms with Gasteiger partial charge in [-0.15, -0.1) is 0 Å². The van der Waals surface area contributed by atoms with Crippen LogP contribution in [0.15, 0.2) is 24.3 Å². The molecule has 0 aromatic heterocycles. The van der Waals surface area contributed by atoms with E-state index in [9.17, 15) is 4.79 Å². The number of carbonyl (C=O) groups excluding carboxylic acids is 1. The maximum absolute atomic E-state index is 11.9. The summed E-state index contributed by atoms with van der Waals surface area (Å²) >= 11 is 0. The predicted octanol–water partition coefficient (Wildman–Crippen LogP) is 1.63. The van der Waals surface area contributed by atoms with Crippen LogP contribution in [0.25, 0.3) is 0 Å². The van der Waals surface area contributed by atoms with Gasteiger partial charge in [-0.3, -0.25) is 4.79 Å². The van der Waals surface area contributed by atoms with Crippen LogP contribution in [-0.4, -0.2) is 32.3 Å². The largest absolute Gasteiger partial charge is 0.494 e. The molecule has 0 radical (unpaired) electrons. The minimum Gasteiger partial charge on any atom is -0.494 e. The molecule has 3 N–H and O–H groups in total. The number of hydrogen-bond acceptors (Lipinski definition) is 4. The molecule has 2 unspecified atom stereocenters. The second kappa shape index (κ2) is 8.55. The Kier molecular flexibility index (Phi) is 7.04. The van der Waals surface area contributed by atoms with Gasteiger partial charge in [0.25, 0.3) is 0 Å². The monoisotopic (exact) mass is 280 g/mol. The summed E-state index contributed by atoms with van der Waals surface area (Å²) in [6.07, 6.45) is 0.512. The molecular formula is C15H24N2O3. The van der Waals surface area contributed by atoms with Crippen molar-refractivity contribution < 1.29 is 14.3 Å². The normalized spacial score (nSPS) is 13.6. The van der Waals surface area contributed by atoms with Crippen molar-refractivity contribution in [2.75, 3.05) is 20.3 Å². The van der Waals surface area contributed by atoms with E-state index in [1.807, 2.05) is 38.1 Å². The Morgan fingerprint density at radius 2 is 2.00 bits per heavy atom. The van der Waals surface area contributed by atoms with E-state index in [1.54, 1.807) is 7.11 Å². The highest BCUT2D eigenvalue weighted by molar-refractivity contribution is 5.81. The lowest BCUT2D eigenvalue weighted by Crippen LogP contribution is -2.42. The summed E-state index contributed by atoms with van der Waals surface area (Å²) in [5.74, 6) is 0.662. The summed E-state index contributed by atoms with van der Waals surface area (Å²) < 4.78 is 10.3. The molecule has 0 bridgehead atoms. The fourth-order valence-electron chi connectivity index (χ4n) is 1.80. The van der Waals surface area contributed by atoms with Crippen molar-refractivity contribution in [3.63, 3.8) is 0 Å². The number of amides is 1. The number of carbonyl (C=O) groups is 1. The van der Waals surface area contributed by atoms with E-state index < -0.39 is 6.04 Å². The highest BCUT2D eigenvalue weighted by Gasteiger charge is 2.16. The van der Waals surface area contributed by atoms with Gasteiger partial charge in [0.2, 0.25) is 5.91 Å². The lowest BCUT2D eigenvalue weighted by atomic mass is 10.1. The number of methoxy groups -OCH3 is 1. The Labute approximate surface area is 120 Å². The maximum atomic E-state index is 11.9. The average molecular weight is 280 g/mol. The summed E-state index contributed by atoms with van der Waals surface area (Å²) in [6, 6.07) is 7.04. The van der Waals surface area contributed by atoms with Gasteiger partial charge in [-0.2, -0.15) is 0 Å². The third-order valence-electron chi connectivity index (χ3n) is 3.02. The Morgan fingerprint density at radius 3 is 2.55 bits per heavy atom. The highest BCUT2D eigenvalue weighted by Crippen LogP contribution is 2.17. The molecule has 5 heteroatoms. The minimum absolute atomic E-state index is 0.0910. The Balaban J connectivity index is 2.52. The number of nitrogens with two attached hydrogens (primary N) is 1. The fourth-order valence-corrected chi connectivity index (χ4v) is 1.80. The SMILES string of the molecule is CCOc1ccc(C(C)NC(=O)C(N)CCOC)cc1. The van der Waals surface area contributed by atoms with E-state index in [0.29, 0.717) is 19.6 Å². The Bertz CT molecular complexity index is 406. The zero-order chi connectivity index (χ0) is 15.0. The van der Waals surface area contributed by atoms with Gasteiger partial charge in [-0.25, -0.2) is 0 Å². The van der Waals surface area contributed by atoms with Gasteiger partial charge in [0.05, 0.1) is 18.7 Å². The van der Waals surface area contributed by atoms with Crippen LogP contribution in [0.5, 0.6) is 5.75 Å². The van der Waals surface area contributed by atoms with Crippen LogP contribution in [0, 0.1) is 0 Å². The van der Waals surface area contributed by atoms with Gasteiger partial charge in [-0.1, -0.05) is 12.1 Å². The number of nitrogens with one attached hydrogen (secondary N) is 1. The molecule has 0 aliphatic carbocycles. The van der Waals surface area contributed by atoms with Gasteiger partial charge in [0, 0.05) is 13.7 Å².